The molecule has 1 fully saturated rings. The molecule has 3 amide bonds. The summed E-state index contributed by atoms with van der Waals surface area (Å²) < 4.78 is 13.9. The molecule has 0 radical (unpaired) electrons. The Morgan fingerprint density at radius 1 is 1.12 bits per heavy atom. The molecule has 166 valence electrons. The quantitative estimate of drug-likeness (QED) is 0.405. The first-order valence-electron chi connectivity index (χ1n) is 10.3. The maximum absolute atomic E-state index is 13.0. The zero-order valence-electron chi connectivity index (χ0n) is 17.9. The van der Waals surface area contributed by atoms with Crippen molar-refractivity contribution in [3.63, 3.8) is 0 Å². The molecule has 1 aliphatic rings. The number of carbonyl (C=O) groups is 3. The van der Waals surface area contributed by atoms with Crippen LogP contribution >= 0.6 is 11.3 Å². The van der Waals surface area contributed by atoms with Crippen LogP contribution in [0, 0.1) is 0 Å². The fourth-order valence-corrected chi connectivity index (χ4v) is 4.72. The number of nitrogens with zero attached hydrogens (tertiary/aromatic N) is 3. The van der Waals surface area contributed by atoms with Gasteiger partial charge in [0.25, 0.3) is 5.91 Å². The van der Waals surface area contributed by atoms with Gasteiger partial charge in [0, 0.05) is 31.6 Å². The summed E-state index contributed by atoms with van der Waals surface area (Å²) in [7, 11) is 1.60. The van der Waals surface area contributed by atoms with Gasteiger partial charge in [-0.05, 0) is 37.3 Å². The van der Waals surface area contributed by atoms with Crippen LogP contribution in [0.4, 0.5) is 5.69 Å². The normalized spacial score (nSPS) is 14.6. The third-order valence-electron chi connectivity index (χ3n) is 5.15. The number of carbonyl (C=O) groups excluding carboxylic acids is 3. The Kier molecular flexibility index (Phi) is 6.48. The summed E-state index contributed by atoms with van der Waals surface area (Å²) in [5.74, 6) is -0.289. The molecule has 8 nitrogen and oxygen atoms in total. The molecular formula is C23H23N3O5S. The number of imide groups is 1. The van der Waals surface area contributed by atoms with Crippen LogP contribution in [0.1, 0.15) is 30.1 Å². The van der Waals surface area contributed by atoms with Crippen LogP contribution in [0.25, 0.3) is 10.2 Å². The Bertz CT molecular complexity index is 1240. The molecule has 0 saturated carbocycles. The van der Waals surface area contributed by atoms with E-state index in [0.29, 0.717) is 41.6 Å². The molecule has 0 N–H and O–H groups in total. The van der Waals surface area contributed by atoms with Gasteiger partial charge in [0.05, 0.1) is 24.1 Å². The molecule has 0 unspecified atom stereocenters. The van der Waals surface area contributed by atoms with Gasteiger partial charge in [-0.3, -0.25) is 19.3 Å². The fourth-order valence-electron chi connectivity index (χ4n) is 3.65. The fraction of sp³-hybridized carbons (Fsp3) is 0.304. The molecule has 2 aromatic carbocycles. The van der Waals surface area contributed by atoms with Gasteiger partial charge in [-0.25, -0.2) is 0 Å². The second-order valence-corrected chi connectivity index (χ2v) is 8.14. The van der Waals surface area contributed by atoms with Gasteiger partial charge in [0.1, 0.15) is 11.3 Å². The van der Waals surface area contributed by atoms with Crippen molar-refractivity contribution in [2.24, 2.45) is 4.99 Å². The Morgan fingerprint density at radius 3 is 2.59 bits per heavy atom. The summed E-state index contributed by atoms with van der Waals surface area (Å²) in [5.41, 5.74) is 1.55. The van der Waals surface area contributed by atoms with Crippen molar-refractivity contribution < 1.29 is 23.9 Å². The van der Waals surface area contributed by atoms with Crippen LogP contribution in [0.2, 0.25) is 0 Å². The van der Waals surface area contributed by atoms with Gasteiger partial charge in [0.15, 0.2) is 4.80 Å². The molecule has 4 rings (SSSR count). The van der Waals surface area contributed by atoms with Crippen molar-refractivity contribution in [1.29, 1.82) is 0 Å². The Labute approximate surface area is 188 Å². The van der Waals surface area contributed by atoms with Crippen LogP contribution in [0.5, 0.6) is 5.75 Å². The van der Waals surface area contributed by atoms with Crippen molar-refractivity contribution in [3.8, 4) is 5.75 Å². The third-order valence-corrected chi connectivity index (χ3v) is 6.19. The largest absolute Gasteiger partial charge is 0.495 e. The number of ether oxygens (including phenoxy) is 2. The standard InChI is InChI=1S/C23H23N3O5S/c1-3-31-13-12-25-21-17(30-2)8-5-9-18(21)32-23(25)24-22(29)15-6-4-7-16(14-15)26-19(27)10-11-20(26)28/h4-9,14H,3,10-13H2,1-2H3. The van der Waals surface area contributed by atoms with Crippen molar-refractivity contribution in [2.75, 3.05) is 25.2 Å². The number of amides is 3. The van der Waals surface area contributed by atoms with E-state index in [1.807, 2.05) is 29.7 Å². The number of benzene rings is 2. The van der Waals surface area contributed by atoms with E-state index in [2.05, 4.69) is 4.99 Å². The molecule has 2 heterocycles. The average molecular weight is 454 g/mol. The predicted molar refractivity (Wildman–Crippen MR) is 121 cm³/mol. The zero-order chi connectivity index (χ0) is 22.7. The maximum Gasteiger partial charge on any atom is 0.279 e. The topological polar surface area (TPSA) is 90.2 Å². The van der Waals surface area contributed by atoms with Crippen molar-refractivity contribution >= 4 is 45.0 Å². The number of hydrogen-bond donors (Lipinski definition) is 0. The summed E-state index contributed by atoms with van der Waals surface area (Å²) in [6, 6.07) is 12.2. The Morgan fingerprint density at radius 2 is 1.88 bits per heavy atom. The molecule has 1 aliphatic heterocycles. The molecule has 0 bridgehead atoms. The predicted octanol–water partition coefficient (Wildman–Crippen LogP) is 3.14. The van der Waals surface area contributed by atoms with Crippen LogP contribution in [-0.2, 0) is 20.9 Å². The van der Waals surface area contributed by atoms with E-state index in [1.165, 1.54) is 17.4 Å². The molecule has 1 saturated heterocycles. The molecule has 3 aromatic rings. The highest BCUT2D eigenvalue weighted by Gasteiger charge is 2.30. The number of rotatable bonds is 7. The highest BCUT2D eigenvalue weighted by molar-refractivity contribution is 7.16. The smallest absolute Gasteiger partial charge is 0.279 e. The van der Waals surface area contributed by atoms with E-state index in [4.69, 9.17) is 9.47 Å². The van der Waals surface area contributed by atoms with E-state index < -0.39 is 5.91 Å². The lowest BCUT2D eigenvalue weighted by atomic mass is 10.2. The number of aromatic nitrogens is 1. The van der Waals surface area contributed by atoms with Crippen molar-refractivity contribution in [3.05, 3.63) is 52.8 Å². The van der Waals surface area contributed by atoms with E-state index in [9.17, 15) is 14.4 Å². The van der Waals surface area contributed by atoms with Gasteiger partial charge in [-0.2, -0.15) is 4.99 Å². The third kappa shape index (κ3) is 4.21. The van der Waals surface area contributed by atoms with Gasteiger partial charge in [-0.15, -0.1) is 0 Å². The molecule has 0 atom stereocenters. The molecular weight excluding hydrogens is 430 g/mol. The Hall–Kier alpha value is -3.30. The highest BCUT2D eigenvalue weighted by Crippen LogP contribution is 2.28. The monoisotopic (exact) mass is 453 g/mol. The second-order valence-electron chi connectivity index (χ2n) is 7.13. The summed E-state index contributed by atoms with van der Waals surface area (Å²) in [6.07, 6.45) is 0.371. The first-order valence-corrected chi connectivity index (χ1v) is 11.1. The van der Waals surface area contributed by atoms with Crippen LogP contribution in [0.15, 0.2) is 47.5 Å². The van der Waals surface area contributed by atoms with Crippen molar-refractivity contribution in [1.82, 2.24) is 4.57 Å². The van der Waals surface area contributed by atoms with Gasteiger partial charge >= 0.3 is 0 Å². The second kappa shape index (κ2) is 9.46. The van der Waals surface area contributed by atoms with Gasteiger partial charge < -0.3 is 14.0 Å². The number of thiazole rings is 1. The molecule has 9 heteroatoms. The number of para-hydroxylation sites is 1. The number of fused-ring (bicyclic) bond motifs is 1. The molecule has 0 spiro atoms. The van der Waals surface area contributed by atoms with E-state index in [-0.39, 0.29) is 24.7 Å². The summed E-state index contributed by atoms with van der Waals surface area (Å²) >= 11 is 1.39. The Balaban J connectivity index is 1.75. The lowest BCUT2D eigenvalue weighted by Gasteiger charge is -2.14. The number of methoxy groups -OCH3 is 1. The highest BCUT2D eigenvalue weighted by atomic mass is 32.1. The summed E-state index contributed by atoms with van der Waals surface area (Å²) in [5, 5.41) is 0. The number of anilines is 1. The minimum absolute atomic E-state index is 0.185. The molecule has 0 aliphatic carbocycles. The van der Waals surface area contributed by atoms with Crippen LogP contribution in [-0.4, -0.2) is 42.6 Å². The summed E-state index contributed by atoms with van der Waals surface area (Å²) in [4.78, 5) is 43.2. The van der Waals surface area contributed by atoms with Crippen LogP contribution < -0.4 is 14.4 Å². The van der Waals surface area contributed by atoms with Gasteiger partial charge in [-0.1, -0.05) is 23.5 Å². The van der Waals surface area contributed by atoms with Crippen molar-refractivity contribution in [2.45, 2.75) is 26.3 Å². The number of hydrogen-bond acceptors (Lipinski definition) is 6. The maximum atomic E-state index is 13.0. The SMILES string of the molecule is CCOCCn1c(=NC(=O)c2cccc(N3C(=O)CCC3=O)c2)sc2cccc(OC)c21. The lowest BCUT2D eigenvalue weighted by molar-refractivity contribution is -0.121. The summed E-state index contributed by atoms with van der Waals surface area (Å²) in [6.45, 7) is 3.49. The lowest BCUT2D eigenvalue weighted by Crippen LogP contribution is -2.28. The average Bonchev–Trinajstić information content (AvgIpc) is 3.32. The molecule has 1 aromatic heterocycles. The first kappa shape index (κ1) is 21.9. The molecule has 32 heavy (non-hydrogen) atoms. The van der Waals surface area contributed by atoms with E-state index in [1.54, 1.807) is 25.3 Å². The van der Waals surface area contributed by atoms with Crippen LogP contribution in [0.3, 0.4) is 0 Å². The minimum atomic E-state index is -0.457. The van der Waals surface area contributed by atoms with E-state index >= 15 is 0 Å². The van der Waals surface area contributed by atoms with Gasteiger partial charge in [0.2, 0.25) is 11.8 Å². The first-order chi connectivity index (χ1) is 15.5. The van der Waals surface area contributed by atoms with E-state index in [0.717, 1.165) is 15.1 Å². The zero-order valence-corrected chi connectivity index (χ0v) is 18.7. The minimum Gasteiger partial charge on any atom is -0.495 e.